The zero-order valence-corrected chi connectivity index (χ0v) is 16.9. The fourth-order valence-electron chi connectivity index (χ4n) is 2.64. The van der Waals surface area contributed by atoms with Gasteiger partial charge < -0.3 is 14.6 Å². The molecule has 0 aliphatic heterocycles. The molecule has 0 saturated heterocycles. The Morgan fingerprint density at radius 2 is 1.97 bits per heavy atom. The van der Waals surface area contributed by atoms with Crippen LogP contribution in [0.1, 0.15) is 15.9 Å². The normalized spacial score (nSPS) is 10.6. The van der Waals surface area contributed by atoms with Crippen LogP contribution in [0.4, 0.5) is 10.1 Å². The maximum Gasteiger partial charge on any atom is 0.337 e. The largest absolute Gasteiger partial charge is 0.465 e. The van der Waals surface area contributed by atoms with E-state index < -0.39 is 11.8 Å². The molecule has 1 heterocycles. The molecule has 1 amide bonds. The van der Waals surface area contributed by atoms with Crippen LogP contribution < -0.4 is 5.32 Å². The summed E-state index contributed by atoms with van der Waals surface area (Å²) in [4.78, 5) is 24.0. The van der Waals surface area contributed by atoms with Gasteiger partial charge in [-0.1, -0.05) is 30.0 Å². The number of rotatable bonds is 6. The molecular weight excluding hydrogens is 395 g/mol. The Hall–Kier alpha value is -3.20. The van der Waals surface area contributed by atoms with Gasteiger partial charge in [-0.3, -0.25) is 4.79 Å². The molecule has 0 saturated carbocycles. The van der Waals surface area contributed by atoms with Gasteiger partial charge in [-0.2, -0.15) is 0 Å². The van der Waals surface area contributed by atoms with Crippen LogP contribution in [-0.4, -0.2) is 39.5 Å². The number of carbonyl (C=O) groups is 2. The maximum absolute atomic E-state index is 14.0. The van der Waals surface area contributed by atoms with Crippen molar-refractivity contribution in [1.82, 2.24) is 14.8 Å². The van der Waals surface area contributed by atoms with Crippen molar-refractivity contribution in [2.45, 2.75) is 12.1 Å². The number of nitrogens with zero attached hydrogens (tertiary/aromatic N) is 3. The molecule has 3 rings (SSSR count). The van der Waals surface area contributed by atoms with Gasteiger partial charge in [0.05, 0.1) is 24.0 Å². The molecule has 29 heavy (non-hydrogen) atoms. The molecular formula is C20H19FN4O3S. The molecule has 0 spiro atoms. The first-order chi connectivity index (χ1) is 13.9. The summed E-state index contributed by atoms with van der Waals surface area (Å²) in [6.07, 6.45) is 0. The van der Waals surface area contributed by atoms with E-state index in [4.69, 9.17) is 4.74 Å². The number of ether oxygens (including phenoxy) is 1. The summed E-state index contributed by atoms with van der Waals surface area (Å²) in [6, 6.07) is 11.2. The molecule has 0 unspecified atom stereocenters. The Morgan fingerprint density at radius 1 is 1.21 bits per heavy atom. The quantitative estimate of drug-likeness (QED) is 0.491. The Bertz CT molecular complexity index is 1070. The number of amides is 1. The highest BCUT2D eigenvalue weighted by atomic mass is 32.2. The minimum Gasteiger partial charge on any atom is -0.465 e. The van der Waals surface area contributed by atoms with E-state index in [1.807, 2.05) is 6.92 Å². The van der Waals surface area contributed by atoms with Gasteiger partial charge >= 0.3 is 5.97 Å². The molecule has 2 aromatic carbocycles. The van der Waals surface area contributed by atoms with Crippen LogP contribution in [-0.2, 0) is 16.6 Å². The molecule has 3 aromatic rings. The summed E-state index contributed by atoms with van der Waals surface area (Å²) < 4.78 is 20.3. The molecule has 0 radical (unpaired) electrons. The summed E-state index contributed by atoms with van der Waals surface area (Å²) in [7, 11) is 3.01. The number of aromatic nitrogens is 3. The van der Waals surface area contributed by atoms with Crippen molar-refractivity contribution in [1.29, 1.82) is 0 Å². The van der Waals surface area contributed by atoms with Gasteiger partial charge in [0.2, 0.25) is 5.91 Å². The Morgan fingerprint density at radius 3 is 2.69 bits per heavy atom. The second-order valence-electron chi connectivity index (χ2n) is 6.20. The Labute approximate surface area is 171 Å². The predicted molar refractivity (Wildman–Crippen MR) is 108 cm³/mol. The fourth-order valence-corrected chi connectivity index (χ4v) is 3.35. The lowest BCUT2D eigenvalue weighted by atomic mass is 10.1. The van der Waals surface area contributed by atoms with Crippen LogP contribution in [0.5, 0.6) is 0 Å². The third-order valence-corrected chi connectivity index (χ3v) is 5.24. The van der Waals surface area contributed by atoms with Gasteiger partial charge in [0, 0.05) is 12.7 Å². The van der Waals surface area contributed by atoms with Crippen LogP contribution in [0.25, 0.3) is 11.4 Å². The highest BCUT2D eigenvalue weighted by Gasteiger charge is 2.16. The lowest BCUT2D eigenvalue weighted by Crippen LogP contribution is -2.16. The minimum atomic E-state index is -0.477. The summed E-state index contributed by atoms with van der Waals surface area (Å²) in [5.41, 5.74) is 2.04. The van der Waals surface area contributed by atoms with E-state index in [2.05, 4.69) is 15.5 Å². The Balaban J connectivity index is 1.68. The van der Waals surface area contributed by atoms with Crippen molar-refractivity contribution in [2.75, 3.05) is 18.2 Å². The van der Waals surface area contributed by atoms with Gasteiger partial charge in [0.15, 0.2) is 11.0 Å². The van der Waals surface area contributed by atoms with E-state index in [-0.39, 0.29) is 11.7 Å². The molecule has 0 atom stereocenters. The van der Waals surface area contributed by atoms with E-state index in [1.54, 1.807) is 48.0 Å². The molecule has 150 valence electrons. The number of anilines is 1. The van der Waals surface area contributed by atoms with Gasteiger partial charge in [0.1, 0.15) is 5.82 Å². The smallest absolute Gasteiger partial charge is 0.337 e. The van der Waals surface area contributed by atoms with Crippen molar-refractivity contribution < 1.29 is 18.7 Å². The first-order valence-electron chi connectivity index (χ1n) is 8.66. The molecule has 0 aliphatic carbocycles. The third kappa shape index (κ3) is 4.62. The van der Waals surface area contributed by atoms with Crippen molar-refractivity contribution >= 4 is 29.3 Å². The summed E-state index contributed by atoms with van der Waals surface area (Å²) in [5.74, 6) is -0.679. The predicted octanol–water partition coefficient (Wildman–Crippen LogP) is 3.45. The van der Waals surface area contributed by atoms with E-state index in [0.717, 1.165) is 5.56 Å². The zero-order valence-electron chi connectivity index (χ0n) is 16.1. The SMILES string of the molecule is COC(=O)c1ccc(C)c(NC(=O)CSc2nnc(-c3ccccc3F)n2C)c1. The van der Waals surface area contributed by atoms with Gasteiger partial charge in [-0.05, 0) is 36.8 Å². The van der Waals surface area contributed by atoms with Gasteiger partial charge in [-0.15, -0.1) is 10.2 Å². The zero-order chi connectivity index (χ0) is 21.0. The van der Waals surface area contributed by atoms with Crippen molar-refractivity contribution in [3.8, 4) is 11.4 Å². The first kappa shape index (κ1) is 20.5. The number of carbonyl (C=O) groups excluding carboxylic acids is 2. The number of halogens is 1. The minimum absolute atomic E-state index is 0.0745. The molecule has 1 N–H and O–H groups in total. The van der Waals surface area contributed by atoms with E-state index in [9.17, 15) is 14.0 Å². The summed E-state index contributed by atoms with van der Waals surface area (Å²) in [6.45, 7) is 1.83. The maximum atomic E-state index is 14.0. The van der Waals surface area contributed by atoms with E-state index in [1.165, 1.54) is 24.9 Å². The number of esters is 1. The molecule has 1 aromatic heterocycles. The van der Waals surface area contributed by atoms with Crippen molar-refractivity contribution in [3.05, 3.63) is 59.4 Å². The number of nitrogens with one attached hydrogen (secondary N) is 1. The first-order valence-corrected chi connectivity index (χ1v) is 9.65. The van der Waals surface area contributed by atoms with E-state index >= 15 is 0 Å². The third-order valence-electron chi connectivity index (χ3n) is 4.21. The number of hydrogen-bond donors (Lipinski definition) is 1. The number of aryl methyl sites for hydroxylation is 1. The average molecular weight is 414 g/mol. The number of hydrogen-bond acceptors (Lipinski definition) is 6. The van der Waals surface area contributed by atoms with Gasteiger partial charge in [0.25, 0.3) is 0 Å². The van der Waals surface area contributed by atoms with Crippen molar-refractivity contribution in [3.63, 3.8) is 0 Å². The summed E-state index contributed by atoms with van der Waals surface area (Å²) >= 11 is 1.18. The van der Waals surface area contributed by atoms with Gasteiger partial charge in [-0.25, -0.2) is 9.18 Å². The number of benzene rings is 2. The molecule has 0 aliphatic rings. The highest BCUT2D eigenvalue weighted by Crippen LogP contribution is 2.25. The molecule has 9 heteroatoms. The topological polar surface area (TPSA) is 86.1 Å². The highest BCUT2D eigenvalue weighted by molar-refractivity contribution is 7.99. The van der Waals surface area contributed by atoms with Crippen LogP contribution in [0.2, 0.25) is 0 Å². The molecule has 0 bridgehead atoms. The second kappa shape index (κ2) is 8.87. The molecule has 0 fully saturated rings. The van der Waals surface area contributed by atoms with Crippen LogP contribution >= 0.6 is 11.8 Å². The number of methoxy groups -OCH3 is 1. The lowest BCUT2D eigenvalue weighted by Gasteiger charge is -2.10. The number of thioether (sulfide) groups is 1. The second-order valence-corrected chi connectivity index (χ2v) is 7.15. The standard InChI is InChI=1S/C20H19FN4O3S/c1-12-8-9-13(19(27)28-3)10-16(12)22-17(26)11-29-20-24-23-18(25(20)2)14-6-4-5-7-15(14)21/h4-10H,11H2,1-3H3,(H,22,26). The summed E-state index contributed by atoms with van der Waals surface area (Å²) in [5, 5.41) is 11.3. The van der Waals surface area contributed by atoms with Crippen LogP contribution in [0, 0.1) is 12.7 Å². The van der Waals surface area contributed by atoms with Crippen molar-refractivity contribution in [2.24, 2.45) is 7.05 Å². The monoisotopic (exact) mass is 414 g/mol. The fraction of sp³-hybridized carbons (Fsp3) is 0.200. The van der Waals surface area contributed by atoms with Crippen LogP contribution in [0.15, 0.2) is 47.6 Å². The average Bonchev–Trinajstić information content (AvgIpc) is 3.08. The Kier molecular flexibility index (Phi) is 6.28. The van der Waals surface area contributed by atoms with E-state index in [0.29, 0.717) is 27.8 Å². The van der Waals surface area contributed by atoms with Crippen LogP contribution in [0.3, 0.4) is 0 Å². The lowest BCUT2D eigenvalue weighted by molar-refractivity contribution is -0.113. The molecule has 7 nitrogen and oxygen atoms in total.